The van der Waals surface area contributed by atoms with Crippen LogP contribution in [0.5, 0.6) is 5.75 Å². The van der Waals surface area contributed by atoms with Gasteiger partial charge < -0.3 is 14.8 Å². The summed E-state index contributed by atoms with van der Waals surface area (Å²) in [6.45, 7) is 1.03. The summed E-state index contributed by atoms with van der Waals surface area (Å²) in [5.74, 6) is 0.697. The molecular formula is C18H16N4O4. The van der Waals surface area contributed by atoms with Crippen molar-refractivity contribution in [1.29, 1.82) is 0 Å². The van der Waals surface area contributed by atoms with Gasteiger partial charge in [-0.2, -0.15) is 0 Å². The second-order valence-corrected chi connectivity index (χ2v) is 5.91. The maximum atomic E-state index is 11.5. The lowest BCUT2D eigenvalue weighted by Crippen LogP contribution is -2.16. The first-order valence-electron chi connectivity index (χ1n) is 8.20. The molecule has 26 heavy (non-hydrogen) atoms. The minimum atomic E-state index is -0.454. The third kappa shape index (κ3) is 3.27. The van der Waals surface area contributed by atoms with Gasteiger partial charge in [-0.1, -0.05) is 18.2 Å². The van der Waals surface area contributed by atoms with Gasteiger partial charge in [0.1, 0.15) is 18.2 Å². The molecule has 1 aromatic heterocycles. The van der Waals surface area contributed by atoms with E-state index >= 15 is 0 Å². The lowest BCUT2D eigenvalue weighted by atomic mass is 10.2. The molecule has 1 aliphatic rings. The highest BCUT2D eigenvalue weighted by atomic mass is 16.6. The van der Waals surface area contributed by atoms with Crippen LogP contribution in [0.2, 0.25) is 0 Å². The van der Waals surface area contributed by atoms with Crippen molar-refractivity contribution in [2.45, 2.75) is 12.5 Å². The molecule has 0 radical (unpaired) electrons. The van der Waals surface area contributed by atoms with Crippen molar-refractivity contribution in [2.24, 2.45) is 0 Å². The van der Waals surface area contributed by atoms with E-state index in [9.17, 15) is 10.1 Å². The van der Waals surface area contributed by atoms with Crippen molar-refractivity contribution in [1.82, 2.24) is 9.97 Å². The Morgan fingerprint density at radius 3 is 2.81 bits per heavy atom. The van der Waals surface area contributed by atoms with Crippen LogP contribution in [-0.2, 0) is 4.74 Å². The van der Waals surface area contributed by atoms with E-state index in [1.54, 1.807) is 6.07 Å². The zero-order chi connectivity index (χ0) is 17.9. The Labute approximate surface area is 148 Å². The molecule has 1 aliphatic heterocycles. The highest BCUT2D eigenvalue weighted by Crippen LogP contribution is 2.35. The Hall–Kier alpha value is -3.26. The van der Waals surface area contributed by atoms with Crippen LogP contribution in [-0.4, -0.2) is 34.2 Å². The van der Waals surface area contributed by atoms with Crippen molar-refractivity contribution in [3.63, 3.8) is 0 Å². The van der Waals surface area contributed by atoms with Crippen LogP contribution in [0.4, 0.5) is 17.2 Å². The average Bonchev–Trinajstić information content (AvgIpc) is 3.15. The number of hydrogen-bond donors (Lipinski definition) is 1. The number of aromatic nitrogens is 2. The molecule has 1 unspecified atom stereocenters. The molecular weight excluding hydrogens is 336 g/mol. The summed E-state index contributed by atoms with van der Waals surface area (Å²) in [5, 5.41) is 15.3. The van der Waals surface area contributed by atoms with Gasteiger partial charge >= 0.3 is 5.69 Å². The normalized spacial score (nSPS) is 16.5. The third-order valence-corrected chi connectivity index (χ3v) is 4.13. The molecule has 0 aliphatic carbocycles. The van der Waals surface area contributed by atoms with Gasteiger partial charge in [0, 0.05) is 24.2 Å². The lowest BCUT2D eigenvalue weighted by molar-refractivity contribution is -0.385. The molecule has 0 spiro atoms. The fourth-order valence-corrected chi connectivity index (χ4v) is 2.85. The van der Waals surface area contributed by atoms with Crippen molar-refractivity contribution < 1.29 is 14.4 Å². The molecule has 0 amide bonds. The Morgan fingerprint density at radius 1 is 1.23 bits per heavy atom. The Kier molecular flexibility index (Phi) is 4.32. The maximum absolute atomic E-state index is 11.5. The van der Waals surface area contributed by atoms with Crippen molar-refractivity contribution in [3.8, 4) is 5.75 Å². The number of nitro benzene ring substituents is 1. The molecule has 1 atom stereocenters. The largest absolute Gasteiger partial charge is 0.481 e. The van der Waals surface area contributed by atoms with Crippen LogP contribution < -0.4 is 10.1 Å². The number of nitrogens with one attached hydrogen (secondary N) is 1. The molecule has 1 fully saturated rings. The van der Waals surface area contributed by atoms with E-state index in [1.807, 2.05) is 30.3 Å². The fourth-order valence-electron chi connectivity index (χ4n) is 2.85. The summed E-state index contributed by atoms with van der Waals surface area (Å²) in [6.07, 6.45) is 1.94. The Bertz CT molecular complexity index is 943. The minimum absolute atomic E-state index is 0.115. The zero-order valence-corrected chi connectivity index (χ0v) is 13.8. The molecule has 2 heterocycles. The van der Waals surface area contributed by atoms with Crippen molar-refractivity contribution >= 4 is 28.1 Å². The van der Waals surface area contributed by atoms with E-state index in [0.29, 0.717) is 36.4 Å². The van der Waals surface area contributed by atoms with Gasteiger partial charge in [0.25, 0.3) is 0 Å². The number of anilines is 2. The first-order chi connectivity index (χ1) is 12.7. The summed E-state index contributed by atoms with van der Waals surface area (Å²) in [5.41, 5.74) is 1.28. The smallest absolute Gasteiger partial charge is 0.311 e. The van der Waals surface area contributed by atoms with E-state index in [1.165, 1.54) is 12.4 Å². The third-order valence-electron chi connectivity index (χ3n) is 4.13. The highest BCUT2D eigenvalue weighted by Gasteiger charge is 2.24. The number of nitro groups is 1. The SMILES string of the molecule is O=[N+]([O-])c1cc2c(Nc3ccccc3)ncnc2cc1OC1CCOC1. The highest BCUT2D eigenvalue weighted by molar-refractivity contribution is 5.93. The zero-order valence-electron chi connectivity index (χ0n) is 13.8. The summed E-state index contributed by atoms with van der Waals surface area (Å²) in [7, 11) is 0. The lowest BCUT2D eigenvalue weighted by Gasteiger charge is -2.13. The van der Waals surface area contributed by atoms with Gasteiger partial charge in [-0.3, -0.25) is 10.1 Å². The van der Waals surface area contributed by atoms with E-state index < -0.39 is 4.92 Å². The summed E-state index contributed by atoms with van der Waals surface area (Å²) in [4.78, 5) is 19.6. The first kappa shape index (κ1) is 16.2. The second-order valence-electron chi connectivity index (χ2n) is 5.91. The summed E-state index contributed by atoms with van der Waals surface area (Å²) in [6, 6.07) is 12.5. The van der Waals surface area contributed by atoms with Crippen LogP contribution in [0.1, 0.15) is 6.42 Å². The van der Waals surface area contributed by atoms with Crippen LogP contribution in [0.15, 0.2) is 48.8 Å². The van der Waals surface area contributed by atoms with Crippen LogP contribution in [0.3, 0.4) is 0 Å². The first-order valence-corrected chi connectivity index (χ1v) is 8.20. The van der Waals surface area contributed by atoms with Gasteiger partial charge in [0.2, 0.25) is 0 Å². The molecule has 1 N–H and O–H groups in total. The number of para-hydroxylation sites is 1. The topological polar surface area (TPSA) is 99.4 Å². The monoisotopic (exact) mass is 352 g/mol. The molecule has 0 bridgehead atoms. The standard InChI is InChI=1S/C18H16N4O4/c23-22(24)16-8-14-15(9-17(16)26-13-6-7-25-10-13)19-11-20-18(14)21-12-4-2-1-3-5-12/h1-5,8-9,11,13H,6-7,10H2,(H,19,20,21). The second kappa shape index (κ2) is 6.93. The molecule has 8 nitrogen and oxygen atoms in total. The number of benzene rings is 2. The van der Waals surface area contributed by atoms with Crippen molar-refractivity contribution in [2.75, 3.05) is 18.5 Å². The van der Waals surface area contributed by atoms with Crippen LogP contribution >= 0.6 is 0 Å². The number of fused-ring (bicyclic) bond motifs is 1. The number of nitrogens with zero attached hydrogens (tertiary/aromatic N) is 3. The van der Waals surface area contributed by atoms with Gasteiger partial charge in [-0.05, 0) is 12.1 Å². The van der Waals surface area contributed by atoms with Gasteiger partial charge in [-0.25, -0.2) is 9.97 Å². The van der Waals surface area contributed by atoms with Gasteiger partial charge in [-0.15, -0.1) is 0 Å². The van der Waals surface area contributed by atoms with E-state index in [2.05, 4.69) is 15.3 Å². The predicted octanol–water partition coefficient (Wildman–Crippen LogP) is 3.45. The molecule has 132 valence electrons. The molecule has 4 rings (SSSR count). The van der Waals surface area contributed by atoms with Crippen LogP contribution in [0, 0.1) is 10.1 Å². The Balaban J connectivity index is 1.76. The molecule has 1 saturated heterocycles. The van der Waals surface area contributed by atoms with E-state index in [-0.39, 0.29) is 17.5 Å². The average molecular weight is 352 g/mol. The summed E-state index contributed by atoms with van der Waals surface area (Å²) < 4.78 is 11.1. The number of rotatable bonds is 5. The number of ether oxygens (including phenoxy) is 2. The Morgan fingerprint density at radius 2 is 2.08 bits per heavy atom. The molecule has 8 heteroatoms. The van der Waals surface area contributed by atoms with Gasteiger partial charge in [0.15, 0.2) is 5.75 Å². The molecule has 2 aromatic carbocycles. The molecule has 0 saturated carbocycles. The van der Waals surface area contributed by atoms with Crippen LogP contribution in [0.25, 0.3) is 10.9 Å². The molecule has 3 aromatic rings. The van der Waals surface area contributed by atoms with E-state index in [4.69, 9.17) is 9.47 Å². The maximum Gasteiger partial charge on any atom is 0.311 e. The van der Waals surface area contributed by atoms with E-state index in [0.717, 1.165) is 5.69 Å². The predicted molar refractivity (Wildman–Crippen MR) is 95.8 cm³/mol. The number of hydrogen-bond acceptors (Lipinski definition) is 7. The summed E-state index contributed by atoms with van der Waals surface area (Å²) >= 11 is 0. The van der Waals surface area contributed by atoms with Crippen molar-refractivity contribution in [3.05, 3.63) is 58.9 Å². The minimum Gasteiger partial charge on any atom is -0.481 e. The quantitative estimate of drug-likeness (QED) is 0.554. The van der Waals surface area contributed by atoms with Gasteiger partial charge in [0.05, 0.1) is 29.0 Å². The fraction of sp³-hybridized carbons (Fsp3) is 0.222.